The van der Waals surface area contributed by atoms with Crippen LogP contribution in [0.25, 0.3) is 0 Å². The van der Waals surface area contributed by atoms with Gasteiger partial charge in [-0.25, -0.2) is 8.42 Å². The summed E-state index contributed by atoms with van der Waals surface area (Å²) in [4.78, 5) is 15.1. The number of sulfone groups is 1. The van der Waals surface area contributed by atoms with E-state index in [1.54, 1.807) is 24.3 Å². The molecule has 1 heterocycles. The number of halogens is 1. The largest absolute Gasteiger partial charge is 0.457 e. The SMILES string of the molecule is CS(=O)(=O)c1ccc(Oc2ccc(CN3CCC(NC(=O)CC4CCCCC4)CC3)cc2)cc1.Cl. The zero-order valence-corrected chi connectivity index (χ0v) is 22.1. The molecule has 35 heavy (non-hydrogen) atoms. The normalized spacial score (nSPS) is 18.0. The molecule has 4 rings (SSSR count). The first kappa shape index (κ1) is 27.5. The van der Waals surface area contributed by atoms with Crippen LogP contribution >= 0.6 is 12.4 Å². The summed E-state index contributed by atoms with van der Waals surface area (Å²) >= 11 is 0. The number of hydrogen-bond donors (Lipinski definition) is 1. The van der Waals surface area contributed by atoms with Crippen LogP contribution in [0.5, 0.6) is 11.5 Å². The minimum atomic E-state index is -3.21. The van der Waals surface area contributed by atoms with Crippen LogP contribution in [0.4, 0.5) is 0 Å². The Kier molecular flexibility index (Phi) is 10.0. The number of benzene rings is 2. The average Bonchev–Trinajstić information content (AvgIpc) is 2.82. The molecule has 1 N–H and O–H groups in total. The van der Waals surface area contributed by atoms with Crippen molar-refractivity contribution in [3.63, 3.8) is 0 Å². The summed E-state index contributed by atoms with van der Waals surface area (Å²) in [6.45, 7) is 2.85. The molecule has 192 valence electrons. The minimum Gasteiger partial charge on any atom is -0.457 e. The Balaban J connectivity index is 0.00000342. The Hall–Kier alpha value is -2.09. The van der Waals surface area contributed by atoms with Crippen LogP contribution in [0.3, 0.4) is 0 Å². The van der Waals surface area contributed by atoms with Crippen molar-refractivity contribution in [1.29, 1.82) is 0 Å². The lowest BCUT2D eigenvalue weighted by Gasteiger charge is -2.32. The summed E-state index contributed by atoms with van der Waals surface area (Å²) in [6.07, 6.45) is 10.2. The van der Waals surface area contributed by atoms with Crippen molar-refractivity contribution < 1.29 is 17.9 Å². The van der Waals surface area contributed by atoms with Gasteiger partial charge in [0.15, 0.2) is 9.84 Å². The van der Waals surface area contributed by atoms with Crippen molar-refractivity contribution in [2.75, 3.05) is 19.3 Å². The van der Waals surface area contributed by atoms with Crippen molar-refractivity contribution in [3.05, 3.63) is 54.1 Å². The van der Waals surface area contributed by atoms with Crippen LogP contribution in [0, 0.1) is 5.92 Å². The fourth-order valence-corrected chi connectivity index (χ4v) is 5.62. The summed E-state index contributed by atoms with van der Waals surface area (Å²) < 4.78 is 29.0. The lowest BCUT2D eigenvalue weighted by Crippen LogP contribution is -2.44. The van der Waals surface area contributed by atoms with Gasteiger partial charge in [-0.05, 0) is 73.6 Å². The Morgan fingerprint density at radius 2 is 1.49 bits per heavy atom. The van der Waals surface area contributed by atoms with Crippen LogP contribution in [0.15, 0.2) is 53.4 Å². The van der Waals surface area contributed by atoms with E-state index in [1.807, 2.05) is 12.1 Å². The first-order valence-corrected chi connectivity index (χ1v) is 14.3. The van der Waals surface area contributed by atoms with Gasteiger partial charge in [0.2, 0.25) is 5.91 Å². The molecule has 2 aromatic carbocycles. The molecule has 2 fully saturated rings. The zero-order chi connectivity index (χ0) is 24.0. The molecule has 1 aliphatic heterocycles. The predicted molar refractivity (Wildman–Crippen MR) is 141 cm³/mol. The van der Waals surface area contributed by atoms with Crippen LogP contribution in [0.1, 0.15) is 56.9 Å². The van der Waals surface area contributed by atoms with Gasteiger partial charge in [-0.15, -0.1) is 12.4 Å². The molecule has 1 amide bonds. The van der Waals surface area contributed by atoms with E-state index >= 15 is 0 Å². The second-order valence-electron chi connectivity index (χ2n) is 9.82. The molecule has 0 radical (unpaired) electrons. The monoisotopic (exact) mass is 520 g/mol. The third kappa shape index (κ3) is 8.51. The lowest BCUT2D eigenvalue weighted by molar-refractivity contribution is -0.123. The molecule has 0 aromatic heterocycles. The highest BCUT2D eigenvalue weighted by molar-refractivity contribution is 7.90. The van der Waals surface area contributed by atoms with E-state index in [9.17, 15) is 13.2 Å². The number of nitrogens with zero attached hydrogens (tertiary/aromatic N) is 1. The standard InChI is InChI=1S/C27H36N2O4S.ClH/c1-34(31,32)26-13-11-25(12-14-26)33-24-9-7-22(8-10-24)20-29-17-15-23(16-18-29)28-27(30)19-21-5-3-2-4-6-21;/h7-14,21,23H,2-6,15-20H2,1H3,(H,28,30);1H. The summed E-state index contributed by atoms with van der Waals surface area (Å²) in [7, 11) is -3.21. The van der Waals surface area contributed by atoms with Crippen LogP contribution in [0.2, 0.25) is 0 Å². The van der Waals surface area contributed by atoms with E-state index in [0.29, 0.717) is 24.1 Å². The Labute approximate surface area is 215 Å². The second-order valence-corrected chi connectivity index (χ2v) is 11.8. The molecule has 0 bridgehead atoms. The molecule has 1 saturated heterocycles. The number of hydrogen-bond acceptors (Lipinski definition) is 5. The van der Waals surface area contributed by atoms with Gasteiger partial charge in [0, 0.05) is 38.4 Å². The second kappa shape index (κ2) is 12.7. The van der Waals surface area contributed by atoms with Gasteiger partial charge < -0.3 is 10.1 Å². The van der Waals surface area contributed by atoms with Gasteiger partial charge in [-0.3, -0.25) is 9.69 Å². The first-order chi connectivity index (χ1) is 16.3. The van der Waals surface area contributed by atoms with Gasteiger partial charge in [-0.1, -0.05) is 31.4 Å². The topological polar surface area (TPSA) is 75.7 Å². The van der Waals surface area contributed by atoms with Gasteiger partial charge in [0.05, 0.1) is 4.90 Å². The highest BCUT2D eigenvalue weighted by atomic mass is 35.5. The van der Waals surface area contributed by atoms with E-state index in [4.69, 9.17) is 4.74 Å². The first-order valence-electron chi connectivity index (χ1n) is 12.4. The van der Waals surface area contributed by atoms with Crippen molar-refractivity contribution >= 4 is 28.2 Å². The third-order valence-corrected chi connectivity index (χ3v) is 8.10. The van der Waals surface area contributed by atoms with Crippen LogP contribution in [-0.2, 0) is 21.2 Å². The number of piperidine rings is 1. The summed E-state index contributed by atoms with van der Waals surface area (Å²) in [5.74, 6) is 2.16. The highest BCUT2D eigenvalue weighted by Gasteiger charge is 2.23. The number of rotatable bonds is 8. The molecular weight excluding hydrogens is 484 g/mol. The maximum atomic E-state index is 12.4. The fraction of sp³-hybridized carbons (Fsp3) is 0.519. The Morgan fingerprint density at radius 3 is 2.06 bits per heavy atom. The summed E-state index contributed by atoms with van der Waals surface area (Å²) in [5, 5.41) is 3.28. The number of carbonyl (C=O) groups excluding carboxylic acids is 1. The molecule has 0 atom stereocenters. The van der Waals surface area contributed by atoms with E-state index in [-0.39, 0.29) is 23.2 Å². The van der Waals surface area contributed by atoms with Crippen molar-refractivity contribution in [2.24, 2.45) is 5.92 Å². The number of carbonyl (C=O) groups is 1. The molecule has 2 aliphatic rings. The van der Waals surface area contributed by atoms with Gasteiger partial charge in [-0.2, -0.15) is 0 Å². The number of ether oxygens (including phenoxy) is 1. The quantitative estimate of drug-likeness (QED) is 0.507. The minimum absolute atomic E-state index is 0. The molecule has 2 aromatic rings. The third-order valence-electron chi connectivity index (χ3n) is 6.97. The molecule has 1 saturated carbocycles. The molecular formula is C27H37ClN2O4S. The number of likely N-dealkylation sites (tertiary alicyclic amines) is 1. The van der Waals surface area contributed by atoms with E-state index < -0.39 is 9.84 Å². The Morgan fingerprint density at radius 1 is 0.914 bits per heavy atom. The maximum absolute atomic E-state index is 12.4. The molecule has 0 spiro atoms. The van der Waals surface area contributed by atoms with Crippen LogP contribution < -0.4 is 10.1 Å². The maximum Gasteiger partial charge on any atom is 0.220 e. The average molecular weight is 521 g/mol. The van der Waals surface area contributed by atoms with E-state index in [2.05, 4.69) is 22.3 Å². The van der Waals surface area contributed by atoms with Gasteiger partial charge >= 0.3 is 0 Å². The fourth-order valence-electron chi connectivity index (χ4n) is 4.99. The molecule has 0 unspecified atom stereocenters. The highest BCUT2D eigenvalue weighted by Crippen LogP contribution is 2.27. The smallest absolute Gasteiger partial charge is 0.220 e. The van der Waals surface area contributed by atoms with E-state index in [0.717, 1.165) is 38.2 Å². The van der Waals surface area contributed by atoms with Gasteiger partial charge in [0.25, 0.3) is 0 Å². The zero-order valence-electron chi connectivity index (χ0n) is 20.4. The van der Waals surface area contributed by atoms with E-state index in [1.165, 1.54) is 43.9 Å². The summed E-state index contributed by atoms with van der Waals surface area (Å²) in [6, 6.07) is 14.8. The van der Waals surface area contributed by atoms with Gasteiger partial charge in [0.1, 0.15) is 11.5 Å². The molecule has 1 aliphatic carbocycles. The van der Waals surface area contributed by atoms with Crippen molar-refractivity contribution in [3.8, 4) is 11.5 Å². The number of amides is 1. The Bertz CT molecular complexity index is 1040. The van der Waals surface area contributed by atoms with Crippen LogP contribution in [-0.4, -0.2) is 44.6 Å². The molecule has 8 heteroatoms. The predicted octanol–water partition coefficient (Wildman–Crippen LogP) is 5.36. The van der Waals surface area contributed by atoms with Crippen molar-refractivity contribution in [1.82, 2.24) is 10.2 Å². The van der Waals surface area contributed by atoms with Crippen molar-refractivity contribution in [2.45, 2.75) is 68.8 Å². The lowest BCUT2D eigenvalue weighted by atomic mass is 9.86. The molecule has 6 nitrogen and oxygen atoms in total. The number of nitrogens with one attached hydrogen (secondary N) is 1. The summed E-state index contributed by atoms with van der Waals surface area (Å²) in [5.41, 5.74) is 1.22.